The van der Waals surface area contributed by atoms with Crippen molar-refractivity contribution < 1.29 is 9.09 Å². The van der Waals surface area contributed by atoms with Crippen LogP contribution in [0, 0.1) is 5.92 Å². The summed E-state index contributed by atoms with van der Waals surface area (Å²) in [6.45, 7) is 6.81. The second-order valence-electron chi connectivity index (χ2n) is 6.36. The molecule has 4 heteroatoms. The van der Waals surface area contributed by atoms with Crippen molar-refractivity contribution in [2.45, 2.75) is 39.3 Å². The van der Waals surface area contributed by atoms with Gasteiger partial charge in [-0.1, -0.05) is 69.1 Å². The van der Waals surface area contributed by atoms with E-state index in [-0.39, 0.29) is 11.6 Å². The molecule has 2 nitrogen and oxygen atoms in total. The monoisotopic (exact) mass is 364 g/mol. The first-order valence-corrected chi connectivity index (χ1v) is 10.6. The third kappa shape index (κ3) is 4.51. The predicted molar refractivity (Wildman–Crippen MR) is 104 cm³/mol. The zero-order chi connectivity index (χ0) is 17.6. The standard InChI is InChI=1S/C20H26ClO2P/c1-4-5-15-23-24(22,19-9-7-6-8-10-19)20(16(2)3)17-11-13-18(21)14-12-17/h6-14,16,20H,4-5,15H2,1-3H3. The highest BCUT2D eigenvalue weighted by molar-refractivity contribution is 7.67. The molecule has 0 amide bonds. The van der Waals surface area contributed by atoms with Crippen LogP contribution in [0.1, 0.15) is 44.8 Å². The lowest BCUT2D eigenvalue weighted by Crippen LogP contribution is -2.18. The Labute approximate surface area is 150 Å². The summed E-state index contributed by atoms with van der Waals surface area (Å²) in [5, 5.41) is 1.47. The van der Waals surface area contributed by atoms with Crippen LogP contribution in [-0.2, 0) is 9.09 Å². The largest absolute Gasteiger partial charge is 0.325 e. The van der Waals surface area contributed by atoms with Gasteiger partial charge in [-0.25, -0.2) is 0 Å². The van der Waals surface area contributed by atoms with E-state index in [1.165, 1.54) is 0 Å². The van der Waals surface area contributed by atoms with E-state index in [1.54, 1.807) is 0 Å². The minimum Gasteiger partial charge on any atom is -0.325 e. The third-order valence-electron chi connectivity index (χ3n) is 4.11. The average molecular weight is 365 g/mol. The molecule has 0 fully saturated rings. The van der Waals surface area contributed by atoms with E-state index in [0.29, 0.717) is 11.6 Å². The van der Waals surface area contributed by atoms with E-state index in [2.05, 4.69) is 20.8 Å². The second-order valence-corrected chi connectivity index (χ2v) is 9.32. The first-order valence-electron chi connectivity index (χ1n) is 8.54. The Morgan fingerprint density at radius 1 is 1.04 bits per heavy atom. The number of rotatable bonds is 8. The zero-order valence-electron chi connectivity index (χ0n) is 14.6. The van der Waals surface area contributed by atoms with Crippen molar-refractivity contribution in [3.8, 4) is 0 Å². The molecule has 2 aromatic carbocycles. The summed E-state index contributed by atoms with van der Waals surface area (Å²) in [7, 11) is -3.05. The summed E-state index contributed by atoms with van der Waals surface area (Å²) in [5.74, 6) is 0.179. The average Bonchev–Trinajstić information content (AvgIpc) is 2.57. The van der Waals surface area contributed by atoms with E-state index in [0.717, 1.165) is 23.7 Å². The Kier molecular flexibility index (Phi) is 7.10. The van der Waals surface area contributed by atoms with Crippen LogP contribution in [0.25, 0.3) is 0 Å². The molecule has 0 saturated heterocycles. The van der Waals surface area contributed by atoms with Gasteiger partial charge in [-0.15, -0.1) is 0 Å². The molecule has 0 radical (unpaired) electrons. The van der Waals surface area contributed by atoms with Crippen LogP contribution >= 0.6 is 19.0 Å². The van der Waals surface area contributed by atoms with Gasteiger partial charge in [0.15, 0.2) is 0 Å². The Morgan fingerprint density at radius 2 is 1.67 bits per heavy atom. The minimum atomic E-state index is -3.05. The maximum absolute atomic E-state index is 14.1. The fourth-order valence-corrected chi connectivity index (χ4v) is 6.02. The van der Waals surface area contributed by atoms with E-state index in [4.69, 9.17) is 16.1 Å². The summed E-state index contributed by atoms with van der Waals surface area (Å²) in [6.07, 6.45) is 1.92. The summed E-state index contributed by atoms with van der Waals surface area (Å²) in [4.78, 5) is 0. The molecule has 130 valence electrons. The van der Waals surface area contributed by atoms with Crippen LogP contribution < -0.4 is 5.30 Å². The third-order valence-corrected chi connectivity index (χ3v) is 7.57. The number of hydrogen-bond donors (Lipinski definition) is 0. The van der Waals surface area contributed by atoms with Crippen LogP contribution in [0.5, 0.6) is 0 Å². The Balaban J connectivity index is 2.49. The van der Waals surface area contributed by atoms with Gasteiger partial charge in [-0.2, -0.15) is 0 Å². The van der Waals surface area contributed by atoms with Gasteiger partial charge >= 0.3 is 0 Å². The molecule has 0 heterocycles. The van der Waals surface area contributed by atoms with Crippen molar-refractivity contribution in [3.05, 3.63) is 65.2 Å². The zero-order valence-corrected chi connectivity index (χ0v) is 16.3. The highest BCUT2D eigenvalue weighted by Gasteiger charge is 2.39. The lowest BCUT2D eigenvalue weighted by molar-refractivity contribution is 0.300. The van der Waals surface area contributed by atoms with Gasteiger partial charge in [0.05, 0.1) is 12.3 Å². The predicted octanol–water partition coefficient (Wildman–Crippen LogP) is 6.46. The van der Waals surface area contributed by atoms with Gasteiger partial charge in [0.25, 0.3) is 0 Å². The Hall–Kier alpha value is -1.08. The van der Waals surface area contributed by atoms with Crippen LogP contribution in [0.2, 0.25) is 5.02 Å². The fraction of sp³-hybridized carbons (Fsp3) is 0.400. The topological polar surface area (TPSA) is 26.3 Å². The lowest BCUT2D eigenvalue weighted by Gasteiger charge is -2.31. The minimum absolute atomic E-state index is 0.179. The Morgan fingerprint density at radius 3 is 2.21 bits per heavy atom. The first-order chi connectivity index (χ1) is 11.5. The second kappa shape index (κ2) is 8.85. The van der Waals surface area contributed by atoms with Gasteiger partial charge in [0, 0.05) is 10.3 Å². The highest BCUT2D eigenvalue weighted by Crippen LogP contribution is 2.62. The van der Waals surface area contributed by atoms with Crippen molar-refractivity contribution in [1.82, 2.24) is 0 Å². The number of benzene rings is 2. The molecule has 2 aromatic rings. The van der Waals surface area contributed by atoms with E-state index in [1.807, 2.05) is 54.6 Å². The number of halogens is 1. The van der Waals surface area contributed by atoms with Gasteiger partial charge in [0.1, 0.15) is 0 Å². The molecule has 0 aromatic heterocycles. The van der Waals surface area contributed by atoms with E-state index < -0.39 is 7.37 Å². The van der Waals surface area contributed by atoms with Crippen LogP contribution in [-0.4, -0.2) is 6.61 Å². The molecule has 0 bridgehead atoms. The van der Waals surface area contributed by atoms with Crippen molar-refractivity contribution in [2.75, 3.05) is 6.61 Å². The van der Waals surface area contributed by atoms with Gasteiger partial charge in [0.2, 0.25) is 7.37 Å². The smallest absolute Gasteiger partial charge is 0.239 e. The molecule has 0 saturated carbocycles. The van der Waals surface area contributed by atoms with Crippen molar-refractivity contribution in [1.29, 1.82) is 0 Å². The summed E-state index contributed by atoms with van der Waals surface area (Å²) in [6, 6.07) is 17.2. The molecule has 0 spiro atoms. The van der Waals surface area contributed by atoms with Crippen LogP contribution in [0.15, 0.2) is 54.6 Å². The van der Waals surface area contributed by atoms with Gasteiger partial charge in [-0.05, 0) is 42.2 Å². The van der Waals surface area contributed by atoms with Crippen molar-refractivity contribution in [3.63, 3.8) is 0 Å². The van der Waals surface area contributed by atoms with Gasteiger partial charge in [-0.3, -0.25) is 4.57 Å². The Bertz CT molecular complexity index is 668. The molecule has 24 heavy (non-hydrogen) atoms. The molecule has 0 aliphatic rings. The summed E-state index contributed by atoms with van der Waals surface area (Å²) < 4.78 is 20.1. The molecule has 2 rings (SSSR count). The van der Waals surface area contributed by atoms with E-state index >= 15 is 0 Å². The van der Waals surface area contributed by atoms with Gasteiger partial charge < -0.3 is 4.52 Å². The lowest BCUT2D eigenvalue weighted by atomic mass is 10.0. The molecule has 0 aliphatic heterocycles. The van der Waals surface area contributed by atoms with Crippen molar-refractivity contribution in [2.24, 2.45) is 5.92 Å². The molecular weight excluding hydrogens is 339 g/mol. The van der Waals surface area contributed by atoms with E-state index in [9.17, 15) is 4.57 Å². The highest BCUT2D eigenvalue weighted by atomic mass is 35.5. The van der Waals surface area contributed by atoms with Crippen LogP contribution in [0.4, 0.5) is 0 Å². The SMILES string of the molecule is CCCCOP(=O)(c1ccccc1)C(c1ccc(Cl)cc1)C(C)C. The summed E-state index contributed by atoms with van der Waals surface area (Å²) >= 11 is 6.03. The molecule has 2 unspecified atom stereocenters. The summed E-state index contributed by atoms with van der Waals surface area (Å²) in [5.41, 5.74) is 0.826. The number of unbranched alkanes of at least 4 members (excludes halogenated alkanes) is 1. The maximum Gasteiger partial charge on any atom is 0.239 e. The van der Waals surface area contributed by atoms with Crippen LogP contribution in [0.3, 0.4) is 0 Å². The first kappa shape index (κ1) is 19.2. The normalized spacial score (nSPS) is 15.2. The molecule has 2 atom stereocenters. The fourth-order valence-electron chi connectivity index (χ4n) is 2.93. The molecular formula is C20H26ClO2P. The quantitative estimate of drug-likeness (QED) is 0.397. The molecule has 0 aliphatic carbocycles. The maximum atomic E-state index is 14.1. The number of hydrogen-bond acceptors (Lipinski definition) is 2. The molecule has 0 N–H and O–H groups in total. The van der Waals surface area contributed by atoms with Crippen molar-refractivity contribution >= 4 is 24.3 Å².